The Morgan fingerprint density at radius 2 is 1.97 bits per heavy atom. The summed E-state index contributed by atoms with van der Waals surface area (Å²) >= 11 is 0. The number of ether oxygens (including phenoxy) is 3. The molecule has 3 rings (SSSR count). The van der Waals surface area contributed by atoms with Crippen LogP contribution in [0, 0.1) is 5.92 Å². The zero-order valence-corrected chi connectivity index (χ0v) is 21.9. The van der Waals surface area contributed by atoms with Crippen molar-refractivity contribution in [2.75, 3.05) is 6.61 Å². The molecule has 6 heteroatoms. The van der Waals surface area contributed by atoms with Crippen molar-refractivity contribution >= 4 is 5.97 Å². The third-order valence-corrected chi connectivity index (χ3v) is 6.98. The van der Waals surface area contributed by atoms with Gasteiger partial charge < -0.3 is 24.4 Å². The minimum atomic E-state index is -0.975. The summed E-state index contributed by atoms with van der Waals surface area (Å²) in [5.74, 6) is -0.0587. The Labute approximate surface area is 216 Å². The van der Waals surface area contributed by atoms with Gasteiger partial charge in [-0.25, -0.2) is 0 Å². The predicted molar refractivity (Wildman–Crippen MR) is 141 cm³/mol. The molecule has 3 heterocycles. The van der Waals surface area contributed by atoms with Crippen LogP contribution in [0.15, 0.2) is 60.3 Å². The summed E-state index contributed by atoms with van der Waals surface area (Å²) in [5, 5.41) is 21.4. The number of aliphatic hydroxyl groups excluding tert-OH is 2. The molecule has 7 unspecified atom stereocenters. The van der Waals surface area contributed by atoms with Gasteiger partial charge in [-0.15, -0.1) is 0 Å². The maximum atomic E-state index is 12.7. The van der Waals surface area contributed by atoms with Crippen molar-refractivity contribution in [3.05, 3.63) is 60.3 Å². The lowest BCUT2D eigenvalue weighted by molar-refractivity contribution is -0.155. The molecule has 0 aromatic rings. The molecular weight excluding hydrogens is 456 g/mol. The maximum Gasteiger partial charge on any atom is 0.308 e. The second-order valence-corrected chi connectivity index (χ2v) is 10.6. The summed E-state index contributed by atoms with van der Waals surface area (Å²) in [5.41, 5.74) is 2.47. The van der Waals surface area contributed by atoms with Crippen LogP contribution in [0.5, 0.6) is 0 Å². The molecule has 0 fully saturated rings. The maximum absolute atomic E-state index is 12.7. The Morgan fingerprint density at radius 3 is 2.78 bits per heavy atom. The number of aliphatic hydroxyl groups is 2. The molecule has 3 aliphatic rings. The first-order valence-electron chi connectivity index (χ1n) is 13.4. The van der Waals surface area contributed by atoms with Gasteiger partial charge in [0.2, 0.25) is 0 Å². The summed E-state index contributed by atoms with van der Waals surface area (Å²) in [6.45, 7) is 9.11. The van der Waals surface area contributed by atoms with Crippen molar-refractivity contribution in [2.45, 2.75) is 108 Å². The van der Waals surface area contributed by atoms with Gasteiger partial charge in [-0.05, 0) is 51.4 Å². The average molecular weight is 501 g/mol. The molecule has 0 radical (unpaired) electrons. The highest BCUT2D eigenvalue weighted by atomic mass is 16.6. The van der Waals surface area contributed by atoms with E-state index in [1.165, 1.54) is 11.1 Å². The van der Waals surface area contributed by atoms with Crippen LogP contribution >= 0.6 is 0 Å². The Morgan fingerprint density at radius 1 is 1.14 bits per heavy atom. The molecule has 0 aromatic carbocycles. The highest BCUT2D eigenvalue weighted by Crippen LogP contribution is 2.26. The molecule has 0 aromatic heterocycles. The molecule has 0 aliphatic carbocycles. The number of hydrogen-bond donors (Lipinski definition) is 2. The second kappa shape index (κ2) is 14.7. The third kappa shape index (κ3) is 10.2. The van der Waals surface area contributed by atoms with Crippen molar-refractivity contribution in [2.24, 2.45) is 5.92 Å². The fourth-order valence-corrected chi connectivity index (χ4v) is 5.06. The van der Waals surface area contributed by atoms with Crippen LogP contribution < -0.4 is 0 Å². The van der Waals surface area contributed by atoms with Crippen LogP contribution in [0.3, 0.4) is 0 Å². The molecule has 0 saturated heterocycles. The standard InChI is InChI=1S/C30H44O6/c1-21-8-5-4-6-11-29(28(32)13-12-25-17-22(2)14-15-34-25)36-30(33)20-24(31)19-27-10-7-9-26(35-27)18-23(3)16-21/h4,6-7,10,12-14,23-29,31-32H,1,5,8-9,11,15-20H2,2-3H3/b6-4-,13-12+. The molecule has 2 N–H and O–H groups in total. The first-order chi connectivity index (χ1) is 17.3. The number of fused-ring (bicyclic) bond motifs is 2. The van der Waals surface area contributed by atoms with E-state index in [9.17, 15) is 15.0 Å². The number of carbonyl (C=O) groups excluding carboxylic acids is 1. The summed E-state index contributed by atoms with van der Waals surface area (Å²) in [7, 11) is 0. The molecule has 0 saturated carbocycles. The molecule has 6 nitrogen and oxygen atoms in total. The minimum absolute atomic E-state index is 0.0993. The van der Waals surface area contributed by atoms with Crippen LogP contribution in [0.1, 0.15) is 71.6 Å². The van der Waals surface area contributed by atoms with Crippen molar-refractivity contribution in [1.82, 2.24) is 0 Å². The Kier molecular flexibility index (Phi) is 11.6. The van der Waals surface area contributed by atoms with Gasteiger partial charge in [0.05, 0.1) is 37.4 Å². The van der Waals surface area contributed by atoms with Crippen LogP contribution in [-0.4, -0.2) is 59.4 Å². The largest absolute Gasteiger partial charge is 0.459 e. The molecule has 36 heavy (non-hydrogen) atoms. The van der Waals surface area contributed by atoms with E-state index in [4.69, 9.17) is 14.2 Å². The fourth-order valence-electron chi connectivity index (χ4n) is 5.06. The topological polar surface area (TPSA) is 85.2 Å². The minimum Gasteiger partial charge on any atom is -0.459 e. The molecule has 7 atom stereocenters. The fraction of sp³-hybridized carbons (Fsp3) is 0.633. The predicted octanol–water partition coefficient (Wildman–Crippen LogP) is 5.12. The van der Waals surface area contributed by atoms with Gasteiger partial charge in [0.15, 0.2) is 0 Å². The number of rotatable bonds is 3. The Hall–Kier alpha value is -1.99. The molecule has 0 amide bonds. The SMILES string of the molecule is C=C1CC/C=C\CC(C(O)/C=C/C2CC(C)=CCO2)OC(=O)CC(O)CC2C=CCC(CC(C)C1)O2. The van der Waals surface area contributed by atoms with E-state index in [-0.39, 0.29) is 24.7 Å². The van der Waals surface area contributed by atoms with E-state index >= 15 is 0 Å². The van der Waals surface area contributed by atoms with Gasteiger partial charge >= 0.3 is 5.97 Å². The van der Waals surface area contributed by atoms with Crippen LogP contribution in [0.25, 0.3) is 0 Å². The average Bonchev–Trinajstić information content (AvgIpc) is 2.81. The van der Waals surface area contributed by atoms with E-state index in [0.717, 1.165) is 38.5 Å². The number of esters is 1. The van der Waals surface area contributed by atoms with Crippen molar-refractivity contribution in [3.63, 3.8) is 0 Å². The molecule has 0 spiro atoms. The number of cyclic esters (lactones) is 1. The lowest BCUT2D eigenvalue weighted by atomic mass is 9.92. The van der Waals surface area contributed by atoms with Gasteiger partial charge in [0.1, 0.15) is 12.2 Å². The normalized spacial score (nSPS) is 35.4. The second-order valence-electron chi connectivity index (χ2n) is 10.6. The number of hydrogen-bond acceptors (Lipinski definition) is 6. The third-order valence-electron chi connectivity index (χ3n) is 6.98. The van der Waals surface area contributed by atoms with Gasteiger partial charge in [-0.2, -0.15) is 0 Å². The summed E-state index contributed by atoms with van der Waals surface area (Å²) in [6.07, 6.45) is 16.7. The van der Waals surface area contributed by atoms with Crippen molar-refractivity contribution in [1.29, 1.82) is 0 Å². The Bertz CT molecular complexity index is 840. The van der Waals surface area contributed by atoms with E-state index in [0.29, 0.717) is 25.4 Å². The van der Waals surface area contributed by atoms with Crippen molar-refractivity contribution < 1.29 is 29.2 Å². The van der Waals surface area contributed by atoms with Crippen LogP contribution in [0.4, 0.5) is 0 Å². The summed E-state index contributed by atoms with van der Waals surface area (Å²) < 4.78 is 17.5. The molecule has 200 valence electrons. The van der Waals surface area contributed by atoms with E-state index in [1.807, 2.05) is 24.3 Å². The van der Waals surface area contributed by atoms with Gasteiger partial charge in [-0.3, -0.25) is 4.79 Å². The monoisotopic (exact) mass is 500 g/mol. The van der Waals surface area contributed by atoms with E-state index < -0.39 is 24.3 Å². The quantitative estimate of drug-likeness (QED) is 0.413. The highest BCUT2D eigenvalue weighted by Gasteiger charge is 2.26. The number of carbonyl (C=O) groups is 1. The molecule has 2 bridgehead atoms. The van der Waals surface area contributed by atoms with Crippen LogP contribution in [0.2, 0.25) is 0 Å². The first-order valence-corrected chi connectivity index (χ1v) is 13.4. The van der Waals surface area contributed by atoms with E-state index in [2.05, 4.69) is 32.6 Å². The number of allylic oxidation sites excluding steroid dienone is 2. The lowest BCUT2D eigenvalue weighted by Gasteiger charge is -2.29. The highest BCUT2D eigenvalue weighted by molar-refractivity contribution is 5.70. The first kappa shape index (κ1) is 28.6. The Balaban J connectivity index is 1.66. The van der Waals surface area contributed by atoms with Gasteiger partial charge in [0.25, 0.3) is 0 Å². The summed E-state index contributed by atoms with van der Waals surface area (Å²) in [4.78, 5) is 12.7. The summed E-state index contributed by atoms with van der Waals surface area (Å²) in [6, 6.07) is 0. The zero-order chi connectivity index (χ0) is 25.9. The smallest absolute Gasteiger partial charge is 0.308 e. The van der Waals surface area contributed by atoms with Crippen molar-refractivity contribution in [3.8, 4) is 0 Å². The van der Waals surface area contributed by atoms with Crippen LogP contribution in [-0.2, 0) is 19.0 Å². The molecular formula is C30H44O6. The van der Waals surface area contributed by atoms with Gasteiger partial charge in [0, 0.05) is 12.8 Å². The van der Waals surface area contributed by atoms with E-state index in [1.54, 1.807) is 6.08 Å². The van der Waals surface area contributed by atoms with Gasteiger partial charge in [-0.1, -0.05) is 67.2 Å². The molecule has 3 aliphatic heterocycles. The lowest BCUT2D eigenvalue weighted by Crippen LogP contribution is -2.33. The zero-order valence-electron chi connectivity index (χ0n) is 21.9.